The second kappa shape index (κ2) is 8.02. The minimum Gasteiger partial charge on any atom is -0.494 e. The molecule has 3 rings (SSSR count). The van der Waals surface area contributed by atoms with Crippen molar-refractivity contribution in [2.24, 2.45) is 23.7 Å². The van der Waals surface area contributed by atoms with Gasteiger partial charge in [-0.25, -0.2) is 8.42 Å². The Morgan fingerprint density at radius 2 is 1.70 bits per heavy atom. The summed E-state index contributed by atoms with van der Waals surface area (Å²) in [5.41, 5.74) is 0. The molecule has 1 unspecified atom stereocenters. The zero-order valence-corrected chi connectivity index (χ0v) is 16.4. The number of halogens is 3. The molecule has 2 fully saturated rings. The maximum Gasteiger partial charge on any atom is 0.389 e. The zero-order chi connectivity index (χ0) is 19.7. The van der Waals surface area contributed by atoms with Crippen LogP contribution in [0.15, 0.2) is 29.2 Å². The lowest BCUT2D eigenvalue weighted by Crippen LogP contribution is -2.22. The first-order valence-corrected chi connectivity index (χ1v) is 11.5. The lowest BCUT2D eigenvalue weighted by atomic mass is 9.78. The third-order valence-electron chi connectivity index (χ3n) is 6.00. The van der Waals surface area contributed by atoms with Crippen molar-refractivity contribution in [3.63, 3.8) is 0 Å². The van der Waals surface area contributed by atoms with Gasteiger partial charge in [0.15, 0.2) is 9.84 Å². The smallest absolute Gasteiger partial charge is 0.389 e. The number of rotatable bonds is 7. The fourth-order valence-electron chi connectivity index (χ4n) is 4.44. The Hall–Kier alpha value is -1.24. The van der Waals surface area contributed by atoms with E-state index in [1.165, 1.54) is 6.26 Å². The van der Waals surface area contributed by atoms with Crippen molar-refractivity contribution >= 4 is 9.84 Å². The van der Waals surface area contributed by atoms with Gasteiger partial charge < -0.3 is 4.74 Å². The van der Waals surface area contributed by atoms with Crippen molar-refractivity contribution in [1.29, 1.82) is 0 Å². The third-order valence-corrected chi connectivity index (χ3v) is 7.13. The van der Waals surface area contributed by atoms with E-state index in [2.05, 4.69) is 0 Å². The summed E-state index contributed by atoms with van der Waals surface area (Å²) in [5, 5.41) is 0. The molecule has 2 saturated carbocycles. The van der Waals surface area contributed by atoms with Crippen LogP contribution >= 0.6 is 0 Å². The largest absolute Gasteiger partial charge is 0.494 e. The molecular formula is C20H27F3O3S. The zero-order valence-electron chi connectivity index (χ0n) is 15.5. The lowest BCUT2D eigenvalue weighted by molar-refractivity contribution is -0.147. The normalized spacial score (nSPS) is 28.7. The van der Waals surface area contributed by atoms with E-state index in [0.717, 1.165) is 25.7 Å². The third kappa shape index (κ3) is 6.13. The summed E-state index contributed by atoms with van der Waals surface area (Å²) in [6, 6.07) is 6.43. The molecule has 0 aliphatic heterocycles. The standard InChI is InChI=1S/C20H27F3O3S/c1-27(24,25)18-8-6-17(7-9-18)26-11-10-16-12-19(16)15-4-2-14(3-5-15)13-20(21,22)23/h6-9,14-16,19H,2-5,10-13H2,1H3/t14?,15?,16-,19?/m1/s1. The summed E-state index contributed by atoms with van der Waals surface area (Å²) in [5.74, 6) is 2.31. The molecule has 2 aliphatic carbocycles. The Labute approximate surface area is 159 Å². The molecule has 27 heavy (non-hydrogen) atoms. The van der Waals surface area contributed by atoms with Crippen LogP contribution in [0.3, 0.4) is 0 Å². The van der Waals surface area contributed by atoms with Gasteiger partial charge in [0.25, 0.3) is 0 Å². The number of sulfone groups is 1. The minimum atomic E-state index is -4.03. The van der Waals surface area contributed by atoms with Crippen molar-refractivity contribution in [3.05, 3.63) is 24.3 Å². The maximum absolute atomic E-state index is 12.5. The molecule has 1 aromatic carbocycles. The van der Waals surface area contributed by atoms with E-state index in [1.807, 2.05) is 0 Å². The highest BCUT2D eigenvalue weighted by atomic mass is 32.2. The van der Waals surface area contributed by atoms with Gasteiger partial charge in [0.1, 0.15) is 5.75 Å². The van der Waals surface area contributed by atoms with Gasteiger partial charge in [0.05, 0.1) is 11.5 Å². The summed E-state index contributed by atoms with van der Waals surface area (Å²) >= 11 is 0. The van der Waals surface area contributed by atoms with E-state index < -0.39 is 22.4 Å². The molecule has 0 radical (unpaired) electrons. The van der Waals surface area contributed by atoms with Gasteiger partial charge >= 0.3 is 6.18 Å². The van der Waals surface area contributed by atoms with E-state index in [1.54, 1.807) is 24.3 Å². The lowest BCUT2D eigenvalue weighted by Gasteiger charge is -2.29. The van der Waals surface area contributed by atoms with E-state index >= 15 is 0 Å². The molecule has 2 aliphatic rings. The topological polar surface area (TPSA) is 43.4 Å². The summed E-state index contributed by atoms with van der Waals surface area (Å²) in [6.45, 7) is 0.586. The monoisotopic (exact) mass is 404 g/mol. The van der Waals surface area contributed by atoms with Crippen LogP contribution < -0.4 is 4.74 Å². The summed E-state index contributed by atoms with van der Waals surface area (Å²) in [4.78, 5) is 0.276. The number of hydrogen-bond acceptors (Lipinski definition) is 3. The van der Waals surface area contributed by atoms with Crippen LogP contribution in [-0.4, -0.2) is 27.5 Å². The summed E-state index contributed by atoms with van der Waals surface area (Å²) in [6.07, 6.45) is 1.88. The van der Waals surface area contributed by atoms with E-state index in [9.17, 15) is 21.6 Å². The number of benzene rings is 1. The summed E-state index contributed by atoms with van der Waals surface area (Å²) < 4.78 is 66.0. The first-order valence-electron chi connectivity index (χ1n) is 9.61. The molecule has 0 bridgehead atoms. The van der Waals surface area contributed by atoms with Gasteiger partial charge in [-0.3, -0.25) is 0 Å². The van der Waals surface area contributed by atoms with Crippen molar-refractivity contribution < 1.29 is 26.3 Å². The fraction of sp³-hybridized carbons (Fsp3) is 0.700. The van der Waals surface area contributed by atoms with Gasteiger partial charge in [-0.05, 0) is 86.5 Å². The van der Waals surface area contributed by atoms with E-state index in [0.29, 0.717) is 43.0 Å². The number of alkyl halides is 3. The molecule has 0 heterocycles. The van der Waals surface area contributed by atoms with Crippen molar-refractivity contribution in [2.45, 2.75) is 56.0 Å². The second-order valence-corrected chi connectivity index (χ2v) is 10.2. The predicted octanol–water partition coefficient (Wildman–Crippen LogP) is 5.25. The Kier molecular flexibility index (Phi) is 6.08. The Morgan fingerprint density at radius 3 is 2.26 bits per heavy atom. The highest BCUT2D eigenvalue weighted by Gasteiger charge is 2.44. The van der Waals surface area contributed by atoms with Gasteiger partial charge in [-0.2, -0.15) is 13.2 Å². The molecule has 0 saturated heterocycles. The first-order chi connectivity index (χ1) is 12.6. The number of hydrogen-bond donors (Lipinski definition) is 0. The minimum absolute atomic E-state index is 0.184. The first kappa shape index (κ1) is 20.5. The van der Waals surface area contributed by atoms with Crippen LogP contribution in [-0.2, 0) is 9.84 Å². The SMILES string of the molecule is CS(=O)(=O)c1ccc(OCC[C@@H]2CC2C2CCC(CC(F)(F)F)CC2)cc1. The molecular weight excluding hydrogens is 377 g/mol. The Balaban J connectivity index is 1.35. The predicted molar refractivity (Wildman–Crippen MR) is 97.4 cm³/mol. The van der Waals surface area contributed by atoms with Crippen molar-refractivity contribution in [2.75, 3.05) is 12.9 Å². The van der Waals surface area contributed by atoms with Crippen LogP contribution in [0.5, 0.6) is 5.75 Å². The highest BCUT2D eigenvalue weighted by Crippen LogP contribution is 2.52. The molecule has 152 valence electrons. The summed E-state index contributed by atoms with van der Waals surface area (Å²) in [7, 11) is -3.20. The van der Waals surface area contributed by atoms with Gasteiger partial charge in [0, 0.05) is 12.7 Å². The van der Waals surface area contributed by atoms with Crippen LogP contribution in [0, 0.1) is 23.7 Å². The molecule has 0 N–H and O–H groups in total. The van der Waals surface area contributed by atoms with Gasteiger partial charge in [0.2, 0.25) is 0 Å². The Morgan fingerprint density at radius 1 is 1.07 bits per heavy atom. The van der Waals surface area contributed by atoms with Crippen molar-refractivity contribution in [1.82, 2.24) is 0 Å². The number of ether oxygens (including phenoxy) is 1. The molecule has 7 heteroatoms. The molecule has 0 spiro atoms. The van der Waals surface area contributed by atoms with E-state index in [4.69, 9.17) is 4.74 Å². The average molecular weight is 404 g/mol. The quantitative estimate of drug-likeness (QED) is 0.623. The maximum atomic E-state index is 12.5. The van der Waals surface area contributed by atoms with Gasteiger partial charge in [-0.1, -0.05) is 0 Å². The van der Waals surface area contributed by atoms with Crippen molar-refractivity contribution in [3.8, 4) is 5.75 Å². The van der Waals surface area contributed by atoms with Gasteiger partial charge in [-0.15, -0.1) is 0 Å². The highest BCUT2D eigenvalue weighted by molar-refractivity contribution is 7.90. The van der Waals surface area contributed by atoms with E-state index in [-0.39, 0.29) is 10.8 Å². The van der Waals surface area contributed by atoms with Crippen LogP contribution in [0.25, 0.3) is 0 Å². The molecule has 1 aromatic rings. The van der Waals surface area contributed by atoms with Crippen LogP contribution in [0.2, 0.25) is 0 Å². The van der Waals surface area contributed by atoms with Crippen LogP contribution in [0.1, 0.15) is 44.9 Å². The fourth-order valence-corrected chi connectivity index (χ4v) is 5.07. The second-order valence-electron chi connectivity index (χ2n) is 8.14. The molecule has 2 atom stereocenters. The van der Waals surface area contributed by atoms with Crippen LogP contribution in [0.4, 0.5) is 13.2 Å². The Bertz CT molecular complexity index is 720. The average Bonchev–Trinajstić information content (AvgIpc) is 3.33. The molecule has 3 nitrogen and oxygen atoms in total. The molecule has 0 aromatic heterocycles. The molecule has 0 amide bonds.